The fourth-order valence-corrected chi connectivity index (χ4v) is 4.08. The Kier molecular flexibility index (Phi) is 5.01. The number of thioether (sulfide) groups is 1. The molecule has 1 unspecified atom stereocenters. The minimum absolute atomic E-state index is 0.371. The molecule has 0 saturated heterocycles. The molecule has 1 aliphatic heterocycles. The molecule has 0 radical (unpaired) electrons. The normalized spacial score (nSPS) is 17.2. The van der Waals surface area contributed by atoms with Crippen molar-refractivity contribution in [2.75, 3.05) is 18.2 Å². The first-order valence-electron chi connectivity index (χ1n) is 7.42. The molecule has 0 saturated carbocycles. The van der Waals surface area contributed by atoms with E-state index in [-0.39, 0.29) is 0 Å². The zero-order valence-electron chi connectivity index (χ0n) is 12.5. The molecule has 0 spiro atoms. The molecule has 1 aliphatic rings. The number of hydrogen-bond acceptors (Lipinski definition) is 3. The summed E-state index contributed by atoms with van der Waals surface area (Å²) in [5, 5.41) is 3.39. The highest BCUT2D eigenvalue weighted by Gasteiger charge is 2.21. The molecule has 0 aliphatic carbocycles. The Labute approximate surface area is 141 Å². The van der Waals surface area contributed by atoms with E-state index in [2.05, 4.69) is 29.6 Å². The largest absolute Gasteiger partial charge is 0.497 e. The third kappa shape index (κ3) is 3.62. The summed E-state index contributed by atoms with van der Waals surface area (Å²) in [6.45, 7) is 0. The van der Waals surface area contributed by atoms with Crippen LogP contribution >= 0.6 is 24.0 Å². The highest BCUT2D eigenvalue weighted by molar-refractivity contribution is 7.99. The molecule has 22 heavy (non-hydrogen) atoms. The molecule has 4 heteroatoms. The maximum atomic E-state index is 5.65. The Bertz CT molecular complexity index is 657. The first-order valence-corrected chi connectivity index (χ1v) is 8.81. The van der Waals surface area contributed by atoms with Gasteiger partial charge < -0.3 is 10.1 Å². The first-order chi connectivity index (χ1) is 10.8. The van der Waals surface area contributed by atoms with E-state index < -0.39 is 0 Å². The lowest BCUT2D eigenvalue weighted by Gasteiger charge is -2.18. The van der Waals surface area contributed by atoms with Crippen LogP contribution in [0.25, 0.3) is 0 Å². The van der Waals surface area contributed by atoms with Crippen LogP contribution in [0.3, 0.4) is 0 Å². The topological polar surface area (TPSA) is 21.3 Å². The molecule has 2 aromatic rings. The van der Waals surface area contributed by atoms with Crippen LogP contribution in [-0.2, 0) is 6.42 Å². The minimum atomic E-state index is 0.371. The lowest BCUT2D eigenvalue weighted by Crippen LogP contribution is -2.22. The Morgan fingerprint density at radius 3 is 2.82 bits per heavy atom. The number of rotatable bonds is 3. The van der Waals surface area contributed by atoms with Crippen molar-refractivity contribution in [1.29, 1.82) is 0 Å². The SMILES string of the molecule is COc1ccc2c(c1)CC(C(=S)Nc1ccccc1)CCS2. The second-order valence-electron chi connectivity index (χ2n) is 5.37. The second kappa shape index (κ2) is 7.16. The van der Waals surface area contributed by atoms with Gasteiger partial charge in [-0.3, -0.25) is 0 Å². The van der Waals surface area contributed by atoms with Crippen molar-refractivity contribution in [1.82, 2.24) is 0 Å². The summed E-state index contributed by atoms with van der Waals surface area (Å²) in [5.41, 5.74) is 2.40. The van der Waals surface area contributed by atoms with Crippen molar-refractivity contribution < 1.29 is 4.74 Å². The number of nitrogens with one attached hydrogen (secondary N) is 1. The Hall–Kier alpha value is -1.52. The van der Waals surface area contributed by atoms with Gasteiger partial charge in [0.25, 0.3) is 0 Å². The Balaban J connectivity index is 1.75. The monoisotopic (exact) mass is 329 g/mol. The van der Waals surface area contributed by atoms with Gasteiger partial charge in [-0.1, -0.05) is 30.4 Å². The van der Waals surface area contributed by atoms with Crippen LogP contribution in [0.1, 0.15) is 12.0 Å². The standard InChI is InChI=1S/C18H19NOS2/c1-20-16-7-8-17-14(12-16)11-13(9-10-22-17)18(21)19-15-5-3-2-4-6-15/h2-8,12-13H,9-11H2,1H3,(H,19,21). The highest BCUT2D eigenvalue weighted by Crippen LogP contribution is 2.34. The summed E-state index contributed by atoms with van der Waals surface area (Å²) in [5.74, 6) is 2.39. The lowest BCUT2D eigenvalue weighted by molar-refractivity contribution is 0.413. The molecular formula is C18H19NOS2. The van der Waals surface area contributed by atoms with Crippen LogP contribution in [0.2, 0.25) is 0 Å². The fourth-order valence-electron chi connectivity index (χ4n) is 2.65. The number of benzene rings is 2. The van der Waals surface area contributed by atoms with Crippen LogP contribution in [-0.4, -0.2) is 17.9 Å². The van der Waals surface area contributed by atoms with E-state index in [9.17, 15) is 0 Å². The fraction of sp³-hybridized carbons (Fsp3) is 0.278. The van der Waals surface area contributed by atoms with Gasteiger partial charge >= 0.3 is 0 Å². The molecule has 1 N–H and O–H groups in total. The summed E-state index contributed by atoms with van der Waals surface area (Å²) in [4.78, 5) is 2.29. The van der Waals surface area contributed by atoms with E-state index in [0.29, 0.717) is 5.92 Å². The van der Waals surface area contributed by atoms with Crippen molar-refractivity contribution in [2.45, 2.75) is 17.7 Å². The van der Waals surface area contributed by atoms with Crippen LogP contribution in [0.5, 0.6) is 5.75 Å². The molecule has 2 nitrogen and oxygen atoms in total. The van der Waals surface area contributed by atoms with E-state index in [1.807, 2.05) is 36.0 Å². The second-order valence-corrected chi connectivity index (χ2v) is 6.94. The summed E-state index contributed by atoms with van der Waals surface area (Å²) < 4.78 is 5.35. The van der Waals surface area contributed by atoms with Crippen LogP contribution in [0.15, 0.2) is 53.4 Å². The van der Waals surface area contributed by atoms with Gasteiger partial charge in [0.1, 0.15) is 5.75 Å². The average molecular weight is 329 g/mol. The highest BCUT2D eigenvalue weighted by atomic mass is 32.2. The van der Waals surface area contributed by atoms with E-state index in [1.54, 1.807) is 7.11 Å². The molecule has 3 rings (SSSR count). The van der Waals surface area contributed by atoms with Crippen molar-refractivity contribution in [3.05, 3.63) is 54.1 Å². The smallest absolute Gasteiger partial charge is 0.119 e. The molecule has 0 aromatic heterocycles. The van der Waals surface area contributed by atoms with Crippen molar-refractivity contribution in [2.24, 2.45) is 5.92 Å². The number of para-hydroxylation sites is 1. The van der Waals surface area contributed by atoms with Gasteiger partial charge in [0.05, 0.1) is 12.1 Å². The van der Waals surface area contributed by atoms with E-state index in [0.717, 1.165) is 35.0 Å². The number of hydrogen-bond donors (Lipinski definition) is 1. The van der Waals surface area contributed by atoms with Crippen molar-refractivity contribution in [3.8, 4) is 5.75 Å². The van der Waals surface area contributed by atoms with Gasteiger partial charge in [0, 0.05) is 16.5 Å². The first kappa shape index (κ1) is 15.4. The lowest BCUT2D eigenvalue weighted by atomic mass is 9.96. The third-order valence-corrected chi connectivity index (χ3v) is 5.45. The van der Waals surface area contributed by atoms with Crippen LogP contribution in [0.4, 0.5) is 5.69 Å². The van der Waals surface area contributed by atoms with Crippen LogP contribution in [0, 0.1) is 5.92 Å². The van der Waals surface area contributed by atoms with Gasteiger partial charge in [-0.25, -0.2) is 0 Å². The number of fused-ring (bicyclic) bond motifs is 1. The van der Waals surface area contributed by atoms with E-state index in [1.165, 1.54) is 10.5 Å². The zero-order chi connectivity index (χ0) is 15.4. The molecule has 0 fully saturated rings. The quantitative estimate of drug-likeness (QED) is 0.817. The summed E-state index contributed by atoms with van der Waals surface area (Å²) in [6.07, 6.45) is 2.07. The summed E-state index contributed by atoms with van der Waals surface area (Å²) >= 11 is 7.57. The number of ether oxygens (including phenoxy) is 1. The predicted octanol–water partition coefficient (Wildman–Crippen LogP) is 4.79. The Morgan fingerprint density at radius 1 is 1.23 bits per heavy atom. The Morgan fingerprint density at radius 2 is 2.05 bits per heavy atom. The molecule has 0 bridgehead atoms. The number of anilines is 1. The van der Waals surface area contributed by atoms with Gasteiger partial charge in [0.2, 0.25) is 0 Å². The molecule has 2 aromatic carbocycles. The van der Waals surface area contributed by atoms with E-state index in [4.69, 9.17) is 17.0 Å². The number of thiocarbonyl (C=S) groups is 1. The molecular weight excluding hydrogens is 310 g/mol. The molecule has 114 valence electrons. The van der Waals surface area contributed by atoms with Crippen LogP contribution < -0.4 is 10.1 Å². The van der Waals surface area contributed by atoms with Gasteiger partial charge in [-0.05, 0) is 54.5 Å². The third-order valence-electron chi connectivity index (χ3n) is 3.87. The van der Waals surface area contributed by atoms with Gasteiger partial charge in [-0.15, -0.1) is 11.8 Å². The maximum Gasteiger partial charge on any atom is 0.119 e. The van der Waals surface area contributed by atoms with Crippen molar-refractivity contribution >= 4 is 34.7 Å². The van der Waals surface area contributed by atoms with Gasteiger partial charge in [-0.2, -0.15) is 0 Å². The number of methoxy groups -OCH3 is 1. The van der Waals surface area contributed by atoms with Crippen molar-refractivity contribution in [3.63, 3.8) is 0 Å². The van der Waals surface area contributed by atoms with Gasteiger partial charge in [0.15, 0.2) is 0 Å². The maximum absolute atomic E-state index is 5.65. The molecule has 1 atom stereocenters. The summed E-state index contributed by atoms with van der Waals surface area (Å²) in [7, 11) is 1.71. The predicted molar refractivity (Wildman–Crippen MR) is 98.2 cm³/mol. The average Bonchev–Trinajstić information content (AvgIpc) is 2.77. The zero-order valence-corrected chi connectivity index (χ0v) is 14.2. The van der Waals surface area contributed by atoms with E-state index >= 15 is 0 Å². The molecule has 0 amide bonds. The summed E-state index contributed by atoms with van der Waals surface area (Å²) in [6, 6.07) is 16.5. The molecule has 1 heterocycles. The minimum Gasteiger partial charge on any atom is -0.497 e.